The van der Waals surface area contributed by atoms with E-state index in [1.165, 1.54) is 18.2 Å². The molecule has 0 N–H and O–H groups in total. The van der Waals surface area contributed by atoms with Gasteiger partial charge in [0.15, 0.2) is 0 Å². The van der Waals surface area contributed by atoms with Gasteiger partial charge < -0.3 is 0 Å². The van der Waals surface area contributed by atoms with Crippen molar-refractivity contribution in [3.8, 4) is 6.07 Å². The minimum atomic E-state index is -4.63. The lowest BCUT2D eigenvalue weighted by atomic mass is 9.96. The van der Waals surface area contributed by atoms with Crippen LogP contribution >= 0.6 is 11.6 Å². The maximum absolute atomic E-state index is 13.8. The van der Waals surface area contributed by atoms with E-state index < -0.39 is 23.6 Å². The molecule has 1 aromatic carbocycles. The predicted molar refractivity (Wildman–Crippen MR) is 68.1 cm³/mol. The van der Waals surface area contributed by atoms with Crippen LogP contribution in [0.15, 0.2) is 36.4 Å². The first-order chi connectivity index (χ1) is 9.82. The number of alkyl halides is 3. The van der Waals surface area contributed by atoms with Crippen LogP contribution < -0.4 is 0 Å². The van der Waals surface area contributed by atoms with E-state index in [1.807, 2.05) is 0 Å². The van der Waals surface area contributed by atoms with E-state index in [1.54, 1.807) is 6.07 Å². The molecule has 0 bridgehead atoms. The third kappa shape index (κ3) is 3.31. The molecule has 0 aliphatic heterocycles. The van der Waals surface area contributed by atoms with Gasteiger partial charge in [-0.25, -0.2) is 9.37 Å². The maximum Gasteiger partial charge on any atom is 0.433 e. The van der Waals surface area contributed by atoms with Crippen LogP contribution in [0.5, 0.6) is 0 Å². The first-order valence-electron chi connectivity index (χ1n) is 5.71. The van der Waals surface area contributed by atoms with Crippen molar-refractivity contribution >= 4 is 11.6 Å². The van der Waals surface area contributed by atoms with Gasteiger partial charge in [-0.1, -0.05) is 23.7 Å². The zero-order valence-corrected chi connectivity index (χ0v) is 11.1. The summed E-state index contributed by atoms with van der Waals surface area (Å²) >= 11 is 5.61. The highest BCUT2D eigenvalue weighted by Crippen LogP contribution is 2.31. The van der Waals surface area contributed by atoms with Gasteiger partial charge in [0.1, 0.15) is 17.4 Å². The molecular formula is C14H7ClF4N2. The fourth-order valence-corrected chi connectivity index (χ4v) is 1.96. The molecule has 0 radical (unpaired) electrons. The molecule has 1 aromatic heterocycles. The Morgan fingerprint density at radius 2 is 1.90 bits per heavy atom. The number of nitrogens with zero attached hydrogens (tertiary/aromatic N) is 2. The van der Waals surface area contributed by atoms with Gasteiger partial charge in [-0.05, 0) is 24.3 Å². The summed E-state index contributed by atoms with van der Waals surface area (Å²) in [6, 6.07) is 8.54. The Labute approximate surface area is 122 Å². The van der Waals surface area contributed by atoms with Gasteiger partial charge in [0.2, 0.25) is 0 Å². The molecule has 0 amide bonds. The molecule has 0 saturated carbocycles. The first kappa shape index (κ1) is 15.3. The van der Waals surface area contributed by atoms with Gasteiger partial charge in [-0.3, -0.25) is 0 Å². The van der Waals surface area contributed by atoms with Crippen LogP contribution in [0.25, 0.3) is 0 Å². The van der Waals surface area contributed by atoms with Gasteiger partial charge in [0.05, 0.1) is 11.8 Å². The van der Waals surface area contributed by atoms with Crippen molar-refractivity contribution in [2.75, 3.05) is 0 Å². The Hall–Kier alpha value is -2.13. The van der Waals surface area contributed by atoms with Gasteiger partial charge in [-0.2, -0.15) is 18.4 Å². The summed E-state index contributed by atoms with van der Waals surface area (Å²) in [7, 11) is 0. The smallest absolute Gasteiger partial charge is 0.247 e. The molecule has 2 rings (SSSR count). The summed E-state index contributed by atoms with van der Waals surface area (Å²) in [5.41, 5.74) is -1.38. The highest BCUT2D eigenvalue weighted by atomic mass is 35.5. The second kappa shape index (κ2) is 5.70. The molecule has 0 saturated heterocycles. The molecule has 0 fully saturated rings. The van der Waals surface area contributed by atoms with Gasteiger partial charge in [0, 0.05) is 10.6 Å². The van der Waals surface area contributed by atoms with Crippen molar-refractivity contribution in [3.63, 3.8) is 0 Å². The van der Waals surface area contributed by atoms with Crippen LogP contribution in [0, 0.1) is 17.1 Å². The Morgan fingerprint density at radius 3 is 2.48 bits per heavy atom. The number of nitriles is 1. The highest BCUT2D eigenvalue weighted by Gasteiger charge is 2.33. The van der Waals surface area contributed by atoms with Crippen molar-refractivity contribution in [1.82, 2.24) is 4.98 Å². The van der Waals surface area contributed by atoms with E-state index in [2.05, 4.69) is 4.98 Å². The molecule has 2 aromatic rings. The third-order valence-electron chi connectivity index (χ3n) is 2.76. The first-order valence-corrected chi connectivity index (χ1v) is 6.09. The van der Waals surface area contributed by atoms with Gasteiger partial charge in [-0.15, -0.1) is 0 Å². The average Bonchev–Trinajstić information content (AvgIpc) is 2.41. The van der Waals surface area contributed by atoms with Crippen LogP contribution in [-0.2, 0) is 6.18 Å². The molecule has 0 spiro atoms. The fraction of sp³-hybridized carbons (Fsp3) is 0.143. The predicted octanol–water partition coefficient (Wildman–Crippen LogP) is 4.55. The Bertz CT molecular complexity index is 707. The lowest BCUT2D eigenvalue weighted by Crippen LogP contribution is -2.11. The van der Waals surface area contributed by atoms with Crippen molar-refractivity contribution < 1.29 is 17.6 Å². The summed E-state index contributed by atoms with van der Waals surface area (Å²) in [4.78, 5) is 3.41. The summed E-state index contributed by atoms with van der Waals surface area (Å²) in [6.07, 6.45) is -4.63. The zero-order valence-electron chi connectivity index (χ0n) is 10.3. The van der Waals surface area contributed by atoms with Crippen molar-refractivity contribution in [2.45, 2.75) is 12.1 Å². The minimum Gasteiger partial charge on any atom is -0.247 e. The minimum absolute atomic E-state index is 0.0753. The van der Waals surface area contributed by atoms with Gasteiger partial charge in [0.25, 0.3) is 0 Å². The lowest BCUT2D eigenvalue weighted by molar-refractivity contribution is -0.141. The number of aromatic nitrogens is 1. The molecule has 108 valence electrons. The summed E-state index contributed by atoms with van der Waals surface area (Å²) < 4.78 is 51.7. The van der Waals surface area contributed by atoms with Crippen LogP contribution in [0.1, 0.15) is 22.9 Å². The summed E-state index contributed by atoms with van der Waals surface area (Å²) in [5, 5.41) is 9.28. The van der Waals surface area contributed by atoms with Crippen LogP contribution in [0.2, 0.25) is 5.02 Å². The van der Waals surface area contributed by atoms with E-state index in [9.17, 15) is 17.6 Å². The highest BCUT2D eigenvalue weighted by molar-refractivity contribution is 6.30. The zero-order chi connectivity index (χ0) is 15.6. The van der Waals surface area contributed by atoms with Crippen molar-refractivity contribution in [3.05, 3.63) is 64.2 Å². The molecule has 21 heavy (non-hydrogen) atoms. The number of hydrogen-bond donors (Lipinski definition) is 0. The number of hydrogen-bond acceptors (Lipinski definition) is 2. The normalized spacial score (nSPS) is 12.8. The Balaban J connectivity index is 2.50. The van der Waals surface area contributed by atoms with Crippen LogP contribution in [-0.4, -0.2) is 4.98 Å². The second-order valence-electron chi connectivity index (χ2n) is 4.17. The van der Waals surface area contributed by atoms with Crippen molar-refractivity contribution in [1.29, 1.82) is 5.26 Å². The monoisotopic (exact) mass is 314 g/mol. The fourth-order valence-electron chi connectivity index (χ4n) is 1.80. The Kier molecular flexibility index (Phi) is 4.14. The van der Waals surface area contributed by atoms with Crippen molar-refractivity contribution in [2.24, 2.45) is 0 Å². The molecule has 7 heteroatoms. The maximum atomic E-state index is 13.8. The summed E-state index contributed by atoms with van der Waals surface area (Å²) in [6.45, 7) is 0. The van der Waals surface area contributed by atoms with E-state index >= 15 is 0 Å². The van der Waals surface area contributed by atoms with E-state index in [0.29, 0.717) is 0 Å². The van der Waals surface area contributed by atoms with E-state index in [4.69, 9.17) is 16.9 Å². The Morgan fingerprint density at radius 1 is 1.19 bits per heavy atom. The molecule has 1 atom stereocenters. The molecule has 1 heterocycles. The standard InChI is InChI=1S/C14H7ClF4N2/c15-8-4-5-9(11(16)6-8)10(7-20)12-2-1-3-13(21-12)14(17,18)19/h1-6,10H/t10-/m1/s1. The quantitative estimate of drug-likeness (QED) is 0.763. The molecule has 2 nitrogen and oxygen atoms in total. The largest absolute Gasteiger partial charge is 0.433 e. The van der Waals surface area contributed by atoms with Gasteiger partial charge >= 0.3 is 6.18 Å². The van der Waals surface area contributed by atoms with Crippen LogP contribution in [0.4, 0.5) is 17.6 Å². The topological polar surface area (TPSA) is 36.7 Å². The third-order valence-corrected chi connectivity index (χ3v) is 2.99. The molecule has 0 aliphatic rings. The second-order valence-corrected chi connectivity index (χ2v) is 4.61. The van der Waals surface area contributed by atoms with Crippen LogP contribution in [0.3, 0.4) is 0 Å². The van der Waals surface area contributed by atoms with E-state index in [-0.39, 0.29) is 16.3 Å². The SMILES string of the molecule is N#C[C@@H](c1cccc(C(F)(F)F)n1)c1ccc(Cl)cc1F. The number of halogens is 5. The molecular weight excluding hydrogens is 308 g/mol. The number of pyridine rings is 1. The molecule has 0 unspecified atom stereocenters. The lowest BCUT2D eigenvalue weighted by Gasteiger charge is -2.12. The number of rotatable bonds is 2. The number of benzene rings is 1. The average molecular weight is 315 g/mol. The molecule has 0 aliphatic carbocycles. The summed E-state index contributed by atoms with van der Waals surface area (Å²) in [5.74, 6) is -2.02. The van der Waals surface area contributed by atoms with E-state index in [0.717, 1.165) is 18.2 Å².